The van der Waals surface area contributed by atoms with E-state index in [1.165, 1.54) is 6.21 Å². The lowest BCUT2D eigenvalue weighted by Gasteiger charge is -1.91. The van der Waals surface area contributed by atoms with Gasteiger partial charge in [-0.2, -0.15) is 0 Å². The third kappa shape index (κ3) is 1.48. The van der Waals surface area contributed by atoms with Gasteiger partial charge in [0, 0.05) is 5.56 Å². The Morgan fingerprint density at radius 3 is 3.10 bits per heavy atom. The van der Waals surface area contributed by atoms with Crippen molar-refractivity contribution in [2.24, 2.45) is 5.16 Å². The predicted molar refractivity (Wildman–Crippen MR) is 39.7 cm³/mol. The van der Waals surface area contributed by atoms with Gasteiger partial charge in [0.05, 0.1) is 11.2 Å². The van der Waals surface area contributed by atoms with Crippen LogP contribution in [0.4, 0.5) is 0 Å². The van der Waals surface area contributed by atoms with Gasteiger partial charge in [-0.1, -0.05) is 28.9 Å². The van der Waals surface area contributed by atoms with Gasteiger partial charge in [-0.15, -0.1) is 0 Å². The molecule has 3 heteroatoms. The summed E-state index contributed by atoms with van der Waals surface area (Å²) < 4.78 is 0. The maximum Gasteiger partial charge on any atom is 0.0748 e. The number of benzene rings is 1. The van der Waals surface area contributed by atoms with Crippen LogP contribution in [0.3, 0.4) is 0 Å². The fourth-order valence-electron chi connectivity index (χ4n) is 0.589. The average Bonchev–Trinajstić information content (AvgIpc) is 1.94. The van der Waals surface area contributed by atoms with E-state index in [1.807, 2.05) is 0 Å². The van der Waals surface area contributed by atoms with Crippen LogP contribution in [0.2, 0.25) is 5.02 Å². The first-order valence-electron chi connectivity index (χ1n) is 2.67. The van der Waals surface area contributed by atoms with Gasteiger partial charge < -0.3 is 5.21 Å². The number of hydrogen-bond acceptors (Lipinski definition) is 2. The predicted octanol–water partition coefficient (Wildman–Crippen LogP) is 1.95. The number of halogens is 1. The molecule has 1 aromatic carbocycles. The molecule has 0 aromatic heterocycles. The molecule has 0 saturated heterocycles. The molecule has 0 atom stereocenters. The summed E-state index contributed by atoms with van der Waals surface area (Å²) in [7, 11) is 0. The highest BCUT2D eigenvalue weighted by atomic mass is 35.5. The van der Waals surface area contributed by atoms with Crippen LogP contribution in [0.1, 0.15) is 5.56 Å². The molecule has 0 heterocycles. The van der Waals surface area contributed by atoms with Crippen LogP contribution in [0.25, 0.3) is 0 Å². The zero-order chi connectivity index (χ0) is 7.40. The second-order valence-electron chi connectivity index (χ2n) is 1.69. The normalized spacial score (nSPS) is 10.5. The second kappa shape index (κ2) is 3.22. The quantitative estimate of drug-likeness (QED) is 0.374. The molecule has 1 N–H and O–H groups in total. The maximum atomic E-state index is 8.14. The van der Waals surface area contributed by atoms with E-state index in [9.17, 15) is 0 Å². The second-order valence-corrected chi connectivity index (χ2v) is 2.10. The highest BCUT2D eigenvalue weighted by molar-refractivity contribution is 6.33. The molecule has 0 aliphatic rings. The Labute approximate surface area is 63.7 Å². The SMILES string of the molecule is O/N=C\c1cc[c]cc1Cl. The zero-order valence-corrected chi connectivity index (χ0v) is 5.84. The number of oxime groups is 1. The number of hydrogen-bond donors (Lipinski definition) is 1. The van der Waals surface area contributed by atoms with Crippen molar-refractivity contribution in [2.75, 3.05) is 0 Å². The molecular formula is C7H5ClNO. The van der Waals surface area contributed by atoms with Gasteiger partial charge in [-0.25, -0.2) is 0 Å². The van der Waals surface area contributed by atoms with Crippen molar-refractivity contribution in [3.05, 3.63) is 34.9 Å². The van der Waals surface area contributed by atoms with E-state index in [2.05, 4.69) is 11.2 Å². The molecule has 0 aliphatic carbocycles. The molecule has 0 bridgehead atoms. The largest absolute Gasteiger partial charge is 0.411 e. The first kappa shape index (κ1) is 7.09. The molecule has 0 unspecified atom stereocenters. The van der Waals surface area contributed by atoms with Crippen LogP contribution < -0.4 is 0 Å². The van der Waals surface area contributed by atoms with Gasteiger partial charge >= 0.3 is 0 Å². The first-order chi connectivity index (χ1) is 4.84. The summed E-state index contributed by atoms with van der Waals surface area (Å²) in [4.78, 5) is 0. The Morgan fingerprint density at radius 1 is 1.70 bits per heavy atom. The third-order valence-corrected chi connectivity index (χ3v) is 1.37. The van der Waals surface area contributed by atoms with E-state index in [4.69, 9.17) is 16.8 Å². The fraction of sp³-hybridized carbons (Fsp3) is 0. The van der Waals surface area contributed by atoms with Crippen molar-refractivity contribution in [3.63, 3.8) is 0 Å². The Morgan fingerprint density at radius 2 is 2.50 bits per heavy atom. The molecule has 0 amide bonds. The van der Waals surface area contributed by atoms with Gasteiger partial charge in [0.15, 0.2) is 0 Å². The highest BCUT2D eigenvalue weighted by Gasteiger charge is 1.92. The van der Waals surface area contributed by atoms with E-state index in [1.54, 1.807) is 18.2 Å². The van der Waals surface area contributed by atoms with Crippen molar-refractivity contribution in [1.29, 1.82) is 0 Å². The molecule has 0 saturated carbocycles. The van der Waals surface area contributed by atoms with E-state index < -0.39 is 0 Å². The Kier molecular flexibility index (Phi) is 2.29. The van der Waals surface area contributed by atoms with Crippen molar-refractivity contribution in [2.45, 2.75) is 0 Å². The van der Waals surface area contributed by atoms with Crippen LogP contribution in [0, 0.1) is 6.07 Å². The number of nitrogens with zero attached hydrogens (tertiary/aromatic N) is 1. The lowest BCUT2D eigenvalue weighted by Crippen LogP contribution is -1.80. The molecule has 0 spiro atoms. The summed E-state index contributed by atoms with van der Waals surface area (Å²) in [6, 6.07) is 7.80. The molecule has 1 rings (SSSR count). The minimum Gasteiger partial charge on any atom is -0.411 e. The minimum absolute atomic E-state index is 0.528. The molecule has 2 nitrogen and oxygen atoms in total. The van der Waals surface area contributed by atoms with Gasteiger partial charge in [0.25, 0.3) is 0 Å². The third-order valence-electron chi connectivity index (χ3n) is 1.04. The van der Waals surface area contributed by atoms with Gasteiger partial charge in [-0.3, -0.25) is 0 Å². The van der Waals surface area contributed by atoms with Crippen molar-refractivity contribution < 1.29 is 5.21 Å². The van der Waals surface area contributed by atoms with Crippen LogP contribution in [-0.4, -0.2) is 11.4 Å². The average molecular weight is 155 g/mol. The van der Waals surface area contributed by atoms with Crippen molar-refractivity contribution in [1.82, 2.24) is 0 Å². The molecule has 1 radical (unpaired) electrons. The van der Waals surface area contributed by atoms with Crippen LogP contribution in [0.15, 0.2) is 23.4 Å². The summed E-state index contributed by atoms with van der Waals surface area (Å²) in [5.41, 5.74) is 0.683. The molecule has 0 fully saturated rings. The van der Waals surface area contributed by atoms with E-state index in [-0.39, 0.29) is 0 Å². The summed E-state index contributed by atoms with van der Waals surface area (Å²) >= 11 is 5.67. The standard InChI is InChI=1S/C7H5ClNO/c8-7-4-2-1-3-6(7)5-9-10/h1,3-5,10H/b9-5-. The van der Waals surface area contributed by atoms with Gasteiger partial charge in [0.1, 0.15) is 0 Å². The van der Waals surface area contributed by atoms with Crippen LogP contribution in [0.5, 0.6) is 0 Å². The Bertz CT molecular complexity index is 247. The molecular weight excluding hydrogens is 150 g/mol. The topological polar surface area (TPSA) is 32.6 Å². The monoisotopic (exact) mass is 154 g/mol. The van der Waals surface area contributed by atoms with E-state index >= 15 is 0 Å². The van der Waals surface area contributed by atoms with E-state index in [0.717, 1.165) is 0 Å². The number of rotatable bonds is 1. The minimum atomic E-state index is 0.528. The summed E-state index contributed by atoms with van der Waals surface area (Å²) in [6.07, 6.45) is 1.27. The molecule has 1 aromatic rings. The van der Waals surface area contributed by atoms with Crippen LogP contribution in [-0.2, 0) is 0 Å². The maximum absolute atomic E-state index is 8.14. The Hall–Kier alpha value is -1.02. The first-order valence-corrected chi connectivity index (χ1v) is 3.05. The highest BCUT2D eigenvalue weighted by Crippen LogP contribution is 2.11. The lowest BCUT2D eigenvalue weighted by atomic mass is 10.2. The molecule has 10 heavy (non-hydrogen) atoms. The zero-order valence-electron chi connectivity index (χ0n) is 5.08. The van der Waals surface area contributed by atoms with Crippen molar-refractivity contribution in [3.8, 4) is 0 Å². The molecule has 51 valence electrons. The van der Waals surface area contributed by atoms with Crippen molar-refractivity contribution >= 4 is 17.8 Å². The van der Waals surface area contributed by atoms with Gasteiger partial charge in [-0.05, 0) is 12.1 Å². The van der Waals surface area contributed by atoms with Gasteiger partial charge in [0.2, 0.25) is 0 Å². The summed E-state index contributed by atoms with van der Waals surface area (Å²) in [5.74, 6) is 0. The summed E-state index contributed by atoms with van der Waals surface area (Å²) in [5, 5.41) is 11.5. The molecule has 0 aliphatic heterocycles. The summed E-state index contributed by atoms with van der Waals surface area (Å²) in [6.45, 7) is 0. The Balaban J connectivity index is 3.03. The lowest BCUT2D eigenvalue weighted by molar-refractivity contribution is 0.322. The fourth-order valence-corrected chi connectivity index (χ4v) is 0.764. The van der Waals surface area contributed by atoms with E-state index in [0.29, 0.717) is 10.6 Å². The smallest absolute Gasteiger partial charge is 0.0748 e. The van der Waals surface area contributed by atoms with Crippen LogP contribution >= 0.6 is 11.6 Å².